The van der Waals surface area contributed by atoms with Crippen molar-refractivity contribution in [3.8, 4) is 0 Å². The third kappa shape index (κ3) is 30.4. The van der Waals surface area contributed by atoms with Crippen LogP contribution in [0, 0.1) is 0 Å². The zero-order valence-corrected chi connectivity index (χ0v) is 37.7. The van der Waals surface area contributed by atoms with Crippen molar-refractivity contribution in [1.82, 2.24) is 0 Å². The molecule has 6 nitrogen and oxygen atoms in total. The molecular formula is C48H98N2O4+2. The molecule has 0 rings (SSSR count). The monoisotopic (exact) mass is 767 g/mol. The standard InChI is InChI=1S/C48H98N2O4/c1-8-10-12-14-16-18-20-22-24-26-28-30-32-34-36-38-44-53-46(3)47(48(49(4,5)40-42-51)50(6,7)41-43-52)54-45-39-37-35-33-31-29-27-25-23-21-19-17-15-13-11-9-2/h22-25,46-48,51-52H,8-21,26-45H2,1-7H3/q+2/b24-22-,25-23-. The van der Waals surface area contributed by atoms with Crippen LogP contribution in [0.3, 0.4) is 0 Å². The van der Waals surface area contributed by atoms with Crippen molar-refractivity contribution in [1.29, 1.82) is 0 Å². The molecule has 54 heavy (non-hydrogen) atoms. The van der Waals surface area contributed by atoms with Crippen LogP contribution in [-0.4, -0.2) is 105 Å². The molecule has 0 aromatic carbocycles. The van der Waals surface area contributed by atoms with E-state index in [1.165, 1.54) is 167 Å². The molecule has 6 heteroatoms. The lowest BCUT2D eigenvalue weighted by Crippen LogP contribution is -2.72. The molecule has 2 atom stereocenters. The highest BCUT2D eigenvalue weighted by molar-refractivity contribution is 4.82. The molecule has 0 bridgehead atoms. The normalized spacial score (nSPS) is 14.0. The molecule has 0 fully saturated rings. The molecular weight excluding hydrogens is 669 g/mol. The van der Waals surface area contributed by atoms with Crippen molar-refractivity contribution in [2.75, 3.05) is 67.7 Å². The van der Waals surface area contributed by atoms with Crippen molar-refractivity contribution < 1.29 is 28.7 Å². The predicted molar refractivity (Wildman–Crippen MR) is 236 cm³/mol. The zero-order valence-electron chi connectivity index (χ0n) is 37.7. The van der Waals surface area contributed by atoms with Crippen molar-refractivity contribution in [3.63, 3.8) is 0 Å². The average Bonchev–Trinajstić information content (AvgIpc) is 3.13. The Balaban J connectivity index is 4.62. The molecule has 0 radical (unpaired) electrons. The van der Waals surface area contributed by atoms with E-state index in [1.54, 1.807) is 0 Å². The fourth-order valence-electron chi connectivity index (χ4n) is 8.17. The van der Waals surface area contributed by atoms with E-state index in [-0.39, 0.29) is 31.6 Å². The Kier molecular flexibility index (Phi) is 37.3. The van der Waals surface area contributed by atoms with Crippen LogP contribution < -0.4 is 0 Å². The molecule has 0 aliphatic carbocycles. The van der Waals surface area contributed by atoms with Gasteiger partial charge in [-0.05, 0) is 71.1 Å². The minimum Gasteiger partial charge on any atom is -0.391 e. The second-order valence-electron chi connectivity index (χ2n) is 17.7. The lowest BCUT2D eigenvalue weighted by Gasteiger charge is -2.50. The molecule has 2 N–H and O–H groups in total. The molecule has 2 unspecified atom stereocenters. The fourth-order valence-corrected chi connectivity index (χ4v) is 8.17. The number of aliphatic hydroxyl groups is 2. The Labute approximate surface area is 338 Å². The topological polar surface area (TPSA) is 58.9 Å². The highest BCUT2D eigenvalue weighted by atomic mass is 16.5. The van der Waals surface area contributed by atoms with Crippen molar-refractivity contribution in [2.24, 2.45) is 0 Å². The maximum Gasteiger partial charge on any atom is 0.245 e. The zero-order chi connectivity index (χ0) is 40.0. The third-order valence-corrected chi connectivity index (χ3v) is 11.5. The Morgan fingerprint density at radius 1 is 0.426 bits per heavy atom. The van der Waals surface area contributed by atoms with E-state index < -0.39 is 0 Å². The Bertz CT molecular complexity index is 812. The highest BCUT2D eigenvalue weighted by Gasteiger charge is 2.50. The highest BCUT2D eigenvalue weighted by Crippen LogP contribution is 2.26. The number of aliphatic hydroxyl groups excluding tert-OH is 2. The van der Waals surface area contributed by atoms with Crippen LogP contribution in [0.15, 0.2) is 24.3 Å². The molecule has 0 aliphatic rings. The van der Waals surface area contributed by atoms with E-state index in [2.05, 4.69) is 73.3 Å². The van der Waals surface area contributed by atoms with Crippen LogP contribution in [0.4, 0.5) is 0 Å². The summed E-state index contributed by atoms with van der Waals surface area (Å²) in [5.74, 6) is 0. The predicted octanol–water partition coefficient (Wildman–Crippen LogP) is 12.3. The maximum absolute atomic E-state index is 10.0. The molecule has 322 valence electrons. The smallest absolute Gasteiger partial charge is 0.245 e. The van der Waals surface area contributed by atoms with Crippen LogP contribution in [0.5, 0.6) is 0 Å². The summed E-state index contributed by atoms with van der Waals surface area (Å²) in [6.45, 7) is 9.73. The second-order valence-corrected chi connectivity index (χ2v) is 17.7. The number of hydrogen-bond donors (Lipinski definition) is 2. The van der Waals surface area contributed by atoms with Gasteiger partial charge in [0, 0.05) is 13.2 Å². The van der Waals surface area contributed by atoms with Gasteiger partial charge in [-0.15, -0.1) is 0 Å². The average molecular weight is 767 g/mol. The van der Waals surface area contributed by atoms with E-state index in [9.17, 15) is 10.2 Å². The van der Waals surface area contributed by atoms with E-state index in [0.717, 1.165) is 26.1 Å². The van der Waals surface area contributed by atoms with Gasteiger partial charge in [0.1, 0.15) is 13.1 Å². The first-order valence-electron chi connectivity index (χ1n) is 23.6. The molecule has 0 spiro atoms. The van der Waals surface area contributed by atoms with E-state index in [1.807, 2.05) is 0 Å². The van der Waals surface area contributed by atoms with Gasteiger partial charge in [-0.2, -0.15) is 0 Å². The van der Waals surface area contributed by atoms with Crippen LogP contribution in [0.1, 0.15) is 201 Å². The van der Waals surface area contributed by atoms with Gasteiger partial charge in [0.2, 0.25) is 6.17 Å². The van der Waals surface area contributed by atoms with E-state index in [0.29, 0.717) is 22.1 Å². The number of hydrogen-bond acceptors (Lipinski definition) is 4. The van der Waals surface area contributed by atoms with Gasteiger partial charge in [0.25, 0.3) is 0 Å². The number of quaternary nitrogens is 2. The van der Waals surface area contributed by atoms with Gasteiger partial charge < -0.3 is 19.7 Å². The van der Waals surface area contributed by atoms with Gasteiger partial charge in [-0.1, -0.05) is 154 Å². The fraction of sp³-hybridized carbons (Fsp3) is 0.917. The Morgan fingerprint density at radius 3 is 1.06 bits per heavy atom. The summed E-state index contributed by atoms with van der Waals surface area (Å²) in [5.41, 5.74) is 0. The Hall–Kier alpha value is -0.760. The molecule has 0 amide bonds. The maximum atomic E-state index is 10.0. The summed E-state index contributed by atoms with van der Waals surface area (Å²) in [6.07, 6.45) is 45.9. The van der Waals surface area contributed by atoms with Gasteiger partial charge in [0.05, 0.1) is 47.5 Å². The first-order valence-corrected chi connectivity index (χ1v) is 23.6. The number of rotatable bonds is 42. The quantitative estimate of drug-likeness (QED) is 0.0281. The molecule has 0 saturated heterocycles. The largest absolute Gasteiger partial charge is 0.391 e. The number of ether oxygens (including phenoxy) is 2. The van der Waals surface area contributed by atoms with E-state index in [4.69, 9.17) is 9.47 Å². The van der Waals surface area contributed by atoms with Gasteiger partial charge in [0.15, 0.2) is 6.10 Å². The lowest BCUT2D eigenvalue weighted by molar-refractivity contribution is -1.11. The minimum absolute atomic E-state index is 0.0215. The molecule has 0 saturated carbocycles. The lowest BCUT2D eigenvalue weighted by atomic mass is 10.1. The number of nitrogens with zero attached hydrogens (tertiary/aromatic N) is 2. The van der Waals surface area contributed by atoms with Crippen molar-refractivity contribution in [2.45, 2.75) is 219 Å². The molecule has 0 aromatic heterocycles. The van der Waals surface area contributed by atoms with Crippen LogP contribution in [-0.2, 0) is 9.47 Å². The van der Waals surface area contributed by atoms with Crippen LogP contribution in [0.2, 0.25) is 0 Å². The Morgan fingerprint density at radius 2 is 0.722 bits per heavy atom. The SMILES string of the molecule is CCCCCCCC/C=C\CCCCCCCCOC(C)C(OCCCCCCCC/C=C\CCCCCCCC)C([N+](C)(C)CCO)[N+](C)(C)CCO. The van der Waals surface area contributed by atoms with Gasteiger partial charge >= 0.3 is 0 Å². The first kappa shape index (κ1) is 53.2. The number of unbranched alkanes of at least 4 members (excludes halogenated alkanes) is 24. The van der Waals surface area contributed by atoms with Crippen LogP contribution in [0.25, 0.3) is 0 Å². The first-order chi connectivity index (χ1) is 26.2. The summed E-state index contributed by atoms with van der Waals surface area (Å²) in [4.78, 5) is 0. The number of likely N-dealkylation sites (N-methyl/N-ethyl adjacent to an activating group) is 2. The summed E-state index contributed by atoms with van der Waals surface area (Å²) in [7, 11) is 8.76. The summed E-state index contributed by atoms with van der Waals surface area (Å²) >= 11 is 0. The second kappa shape index (κ2) is 37.8. The summed E-state index contributed by atoms with van der Waals surface area (Å²) in [6, 6.07) is 0. The molecule has 0 heterocycles. The van der Waals surface area contributed by atoms with Gasteiger partial charge in [-0.3, -0.25) is 8.97 Å². The van der Waals surface area contributed by atoms with E-state index >= 15 is 0 Å². The van der Waals surface area contributed by atoms with Crippen molar-refractivity contribution in [3.05, 3.63) is 24.3 Å². The van der Waals surface area contributed by atoms with Crippen LogP contribution >= 0.6 is 0 Å². The molecule has 0 aliphatic heterocycles. The minimum atomic E-state index is -0.134. The summed E-state index contributed by atoms with van der Waals surface area (Å²) in [5, 5.41) is 20.0. The molecule has 0 aromatic rings. The summed E-state index contributed by atoms with van der Waals surface area (Å²) < 4.78 is 14.6. The number of allylic oxidation sites excluding steroid dienone is 4. The third-order valence-electron chi connectivity index (χ3n) is 11.5. The van der Waals surface area contributed by atoms with Crippen molar-refractivity contribution >= 4 is 0 Å². The van der Waals surface area contributed by atoms with Gasteiger partial charge in [-0.25, -0.2) is 0 Å².